The highest BCUT2D eigenvalue weighted by atomic mass is 35.5. The minimum atomic E-state index is 0. The van der Waals surface area contributed by atoms with Crippen LogP contribution in [0.5, 0.6) is 11.5 Å². The van der Waals surface area contributed by atoms with Gasteiger partial charge in [-0.3, -0.25) is 0 Å². The summed E-state index contributed by atoms with van der Waals surface area (Å²) in [7, 11) is 1.74. The van der Waals surface area contributed by atoms with Crippen LogP contribution in [0.4, 0.5) is 0 Å². The summed E-state index contributed by atoms with van der Waals surface area (Å²) in [5, 5.41) is 3.38. The Hall–Kier alpha value is -0.930. The lowest BCUT2D eigenvalue weighted by molar-refractivity contribution is 0.175. The smallest absolute Gasteiger partial charge is 0.164 e. The number of methoxy groups -OCH3 is 1. The summed E-state index contributed by atoms with van der Waals surface area (Å²) in [6, 6.07) is 4.23. The van der Waals surface area contributed by atoms with E-state index in [0.29, 0.717) is 0 Å². The number of nitrogens with one attached hydrogen (secondary N) is 1. The summed E-state index contributed by atoms with van der Waals surface area (Å²) in [5.41, 5.74) is 2.66. The van der Waals surface area contributed by atoms with E-state index in [1.807, 2.05) is 0 Å². The number of benzene rings is 1. The van der Waals surface area contributed by atoms with Crippen LogP contribution in [0.2, 0.25) is 0 Å². The van der Waals surface area contributed by atoms with Crippen LogP contribution in [0.15, 0.2) is 12.1 Å². The maximum absolute atomic E-state index is 5.95. The molecule has 3 nitrogen and oxygen atoms in total. The van der Waals surface area contributed by atoms with Crippen LogP contribution >= 0.6 is 12.4 Å². The van der Waals surface area contributed by atoms with E-state index in [1.54, 1.807) is 7.11 Å². The lowest BCUT2D eigenvalue weighted by Gasteiger charge is -2.27. The monoisotopic (exact) mass is 283 g/mol. The lowest BCUT2D eigenvalue weighted by Crippen LogP contribution is -2.24. The zero-order chi connectivity index (χ0) is 12.4. The molecule has 1 aliphatic carbocycles. The van der Waals surface area contributed by atoms with Gasteiger partial charge in [-0.25, -0.2) is 0 Å². The molecule has 0 unspecified atom stereocenters. The molecule has 4 heteroatoms. The fourth-order valence-electron chi connectivity index (χ4n) is 2.73. The third kappa shape index (κ3) is 2.98. The van der Waals surface area contributed by atoms with Gasteiger partial charge in [0.2, 0.25) is 0 Å². The van der Waals surface area contributed by atoms with E-state index < -0.39 is 0 Å². The molecule has 1 aliphatic heterocycles. The maximum atomic E-state index is 5.95. The first kappa shape index (κ1) is 14.5. The maximum Gasteiger partial charge on any atom is 0.164 e. The van der Waals surface area contributed by atoms with Gasteiger partial charge in [0.15, 0.2) is 11.5 Å². The van der Waals surface area contributed by atoms with Crippen LogP contribution in [-0.4, -0.2) is 20.3 Å². The van der Waals surface area contributed by atoms with Crippen molar-refractivity contribution in [2.75, 3.05) is 20.3 Å². The average molecular weight is 284 g/mol. The number of fused-ring (bicyclic) bond motifs is 1. The van der Waals surface area contributed by atoms with Crippen LogP contribution in [0.25, 0.3) is 0 Å². The number of hydrogen-bond acceptors (Lipinski definition) is 3. The van der Waals surface area contributed by atoms with Crippen LogP contribution < -0.4 is 14.8 Å². The van der Waals surface area contributed by atoms with E-state index in [0.717, 1.165) is 43.5 Å². The van der Waals surface area contributed by atoms with Crippen molar-refractivity contribution in [1.82, 2.24) is 5.32 Å². The van der Waals surface area contributed by atoms with Crippen molar-refractivity contribution in [2.24, 2.45) is 5.92 Å². The van der Waals surface area contributed by atoms with Gasteiger partial charge in [0.25, 0.3) is 0 Å². The van der Waals surface area contributed by atoms with Crippen molar-refractivity contribution in [1.29, 1.82) is 0 Å². The van der Waals surface area contributed by atoms with Gasteiger partial charge in [-0.05, 0) is 43.4 Å². The first-order chi connectivity index (χ1) is 8.88. The Morgan fingerprint density at radius 2 is 2.16 bits per heavy atom. The zero-order valence-electron chi connectivity index (χ0n) is 11.4. The van der Waals surface area contributed by atoms with Crippen molar-refractivity contribution >= 4 is 12.4 Å². The third-order valence-corrected chi connectivity index (χ3v) is 4.09. The molecule has 106 valence electrons. The van der Waals surface area contributed by atoms with E-state index in [9.17, 15) is 0 Å². The lowest BCUT2D eigenvalue weighted by atomic mass is 9.86. The molecule has 0 saturated heterocycles. The molecule has 1 aromatic carbocycles. The van der Waals surface area contributed by atoms with Gasteiger partial charge in [0.1, 0.15) is 0 Å². The molecule has 1 aromatic rings. The molecule has 0 atom stereocenters. The summed E-state index contributed by atoms with van der Waals surface area (Å²) in [6.45, 7) is 2.80. The molecule has 0 spiro atoms. The number of ether oxygens (including phenoxy) is 2. The van der Waals surface area contributed by atoms with Crippen LogP contribution in [0.1, 0.15) is 30.4 Å². The van der Waals surface area contributed by atoms with E-state index in [4.69, 9.17) is 9.47 Å². The normalized spacial score (nSPS) is 17.9. The summed E-state index contributed by atoms with van der Waals surface area (Å²) in [6.07, 6.45) is 5.02. The van der Waals surface area contributed by atoms with Crippen molar-refractivity contribution in [2.45, 2.75) is 32.2 Å². The number of rotatable bonds is 4. The Morgan fingerprint density at radius 3 is 2.84 bits per heavy atom. The predicted molar refractivity (Wildman–Crippen MR) is 78.5 cm³/mol. The molecule has 1 N–H and O–H groups in total. The van der Waals surface area contributed by atoms with Crippen molar-refractivity contribution in [3.8, 4) is 11.5 Å². The van der Waals surface area contributed by atoms with Gasteiger partial charge in [-0.2, -0.15) is 0 Å². The van der Waals surface area contributed by atoms with Gasteiger partial charge in [-0.15, -0.1) is 12.4 Å². The van der Waals surface area contributed by atoms with E-state index in [-0.39, 0.29) is 12.4 Å². The van der Waals surface area contributed by atoms with Crippen molar-refractivity contribution < 1.29 is 9.47 Å². The minimum absolute atomic E-state index is 0. The topological polar surface area (TPSA) is 30.5 Å². The Labute approximate surface area is 121 Å². The van der Waals surface area contributed by atoms with Gasteiger partial charge in [-0.1, -0.05) is 12.5 Å². The molecular formula is C15H22ClNO2. The Morgan fingerprint density at radius 1 is 1.32 bits per heavy atom. The van der Waals surface area contributed by atoms with Gasteiger partial charge in [0.05, 0.1) is 13.7 Å². The van der Waals surface area contributed by atoms with Gasteiger partial charge < -0.3 is 14.8 Å². The zero-order valence-corrected chi connectivity index (χ0v) is 12.2. The van der Waals surface area contributed by atoms with E-state index >= 15 is 0 Å². The molecule has 2 aliphatic rings. The Balaban J connectivity index is 0.00000133. The highest BCUT2D eigenvalue weighted by molar-refractivity contribution is 5.85. The summed E-state index contributed by atoms with van der Waals surface area (Å²) in [4.78, 5) is 0. The first-order valence-corrected chi connectivity index (χ1v) is 6.90. The largest absolute Gasteiger partial charge is 0.493 e. The molecule has 3 rings (SSSR count). The third-order valence-electron chi connectivity index (χ3n) is 4.09. The number of halogens is 1. The molecule has 1 saturated carbocycles. The van der Waals surface area contributed by atoms with Crippen LogP contribution in [0, 0.1) is 5.92 Å². The Kier molecular flexibility index (Phi) is 4.94. The highest BCUT2D eigenvalue weighted by Gasteiger charge is 2.21. The quantitative estimate of drug-likeness (QED) is 0.922. The summed E-state index contributed by atoms with van der Waals surface area (Å²) < 4.78 is 11.5. The average Bonchev–Trinajstić information content (AvgIpc) is 2.36. The molecule has 1 fully saturated rings. The van der Waals surface area contributed by atoms with E-state index in [1.165, 1.54) is 30.4 Å². The molecular weight excluding hydrogens is 262 g/mol. The summed E-state index contributed by atoms with van der Waals surface area (Å²) >= 11 is 0. The number of hydrogen-bond donors (Lipinski definition) is 1. The molecule has 0 aromatic heterocycles. The molecule has 1 heterocycles. The second-order valence-electron chi connectivity index (χ2n) is 5.27. The molecule has 0 bridgehead atoms. The fraction of sp³-hybridized carbons (Fsp3) is 0.600. The predicted octanol–water partition coefficient (Wildman–Crippen LogP) is 2.94. The Bertz CT molecular complexity index is 432. The molecule has 0 radical (unpaired) electrons. The first-order valence-electron chi connectivity index (χ1n) is 6.90. The van der Waals surface area contributed by atoms with Crippen LogP contribution in [-0.2, 0) is 13.0 Å². The fourth-order valence-corrected chi connectivity index (χ4v) is 2.73. The standard InChI is InChI=1S/C15H21NO2.ClH/c1-17-15-13-7-8-16-9-12(13)5-6-14(15)18-10-11-3-2-4-11;/h5-6,11,16H,2-4,7-10H2,1H3;1H. The molecule has 0 amide bonds. The highest BCUT2D eigenvalue weighted by Crippen LogP contribution is 2.36. The van der Waals surface area contributed by atoms with Crippen LogP contribution in [0.3, 0.4) is 0 Å². The van der Waals surface area contributed by atoms with Crippen molar-refractivity contribution in [3.05, 3.63) is 23.3 Å². The second-order valence-corrected chi connectivity index (χ2v) is 5.27. The van der Waals surface area contributed by atoms with Crippen molar-refractivity contribution in [3.63, 3.8) is 0 Å². The SMILES string of the molecule is COc1c(OCC2CCC2)ccc2c1CCNC2.Cl. The second kappa shape index (κ2) is 6.49. The van der Waals surface area contributed by atoms with Gasteiger partial charge in [0, 0.05) is 12.1 Å². The van der Waals surface area contributed by atoms with Gasteiger partial charge >= 0.3 is 0 Å². The minimum Gasteiger partial charge on any atom is -0.493 e. The summed E-state index contributed by atoms with van der Waals surface area (Å²) in [5.74, 6) is 2.63. The molecule has 19 heavy (non-hydrogen) atoms. The van der Waals surface area contributed by atoms with E-state index in [2.05, 4.69) is 17.4 Å².